The molecule has 162 valence electrons. The third-order valence-corrected chi connectivity index (χ3v) is 5.25. The van der Waals surface area contributed by atoms with Crippen molar-refractivity contribution in [3.05, 3.63) is 65.2 Å². The molecule has 0 spiro atoms. The fourth-order valence-electron chi connectivity index (χ4n) is 3.63. The zero-order chi connectivity index (χ0) is 22.4. The predicted octanol–water partition coefficient (Wildman–Crippen LogP) is 3.25. The molecule has 1 N–H and O–H groups in total. The summed E-state index contributed by atoms with van der Waals surface area (Å²) in [5.41, 5.74) is 2.48. The van der Waals surface area contributed by atoms with Gasteiger partial charge in [0, 0.05) is 25.2 Å². The van der Waals surface area contributed by atoms with Crippen molar-refractivity contribution in [1.29, 1.82) is 0 Å². The van der Waals surface area contributed by atoms with Crippen molar-refractivity contribution in [3.63, 3.8) is 0 Å². The fourth-order valence-corrected chi connectivity index (χ4v) is 3.63. The van der Waals surface area contributed by atoms with Gasteiger partial charge in [0.15, 0.2) is 0 Å². The maximum atomic E-state index is 12.7. The molecule has 0 aliphatic carbocycles. The van der Waals surface area contributed by atoms with Crippen molar-refractivity contribution >= 4 is 29.3 Å². The van der Waals surface area contributed by atoms with Crippen LogP contribution in [-0.2, 0) is 9.59 Å². The fraction of sp³-hybridized carbons (Fsp3) is 0.333. The second-order valence-electron chi connectivity index (χ2n) is 7.59. The van der Waals surface area contributed by atoms with Gasteiger partial charge in [-0.3, -0.25) is 24.1 Å². The zero-order valence-corrected chi connectivity index (χ0v) is 17.9. The summed E-state index contributed by atoms with van der Waals surface area (Å²) < 4.78 is 0. The van der Waals surface area contributed by atoms with Crippen LogP contribution in [0.5, 0.6) is 0 Å². The molecule has 0 bridgehead atoms. The molecule has 0 fully saturated rings. The van der Waals surface area contributed by atoms with E-state index in [1.54, 1.807) is 24.3 Å². The van der Waals surface area contributed by atoms with Gasteiger partial charge in [0.25, 0.3) is 11.8 Å². The predicted molar refractivity (Wildman–Crippen MR) is 118 cm³/mol. The van der Waals surface area contributed by atoms with Crippen molar-refractivity contribution in [2.75, 3.05) is 25.0 Å². The van der Waals surface area contributed by atoms with E-state index in [0.29, 0.717) is 24.1 Å². The first kappa shape index (κ1) is 22.2. The third-order valence-electron chi connectivity index (χ3n) is 5.25. The van der Waals surface area contributed by atoms with E-state index in [1.807, 2.05) is 38.1 Å². The molecule has 1 aliphatic rings. The van der Waals surface area contributed by atoms with Gasteiger partial charge in [-0.2, -0.15) is 0 Å². The number of amides is 4. The Morgan fingerprint density at radius 2 is 1.58 bits per heavy atom. The number of imide groups is 1. The number of carbonyl (C=O) groups excluding carboxylic acids is 4. The molecule has 2 aromatic carbocycles. The number of carbonyl (C=O) groups is 4. The monoisotopic (exact) mass is 421 g/mol. The summed E-state index contributed by atoms with van der Waals surface area (Å²) in [5, 5.41) is 2.85. The number of hydrogen-bond acceptors (Lipinski definition) is 4. The Hall–Kier alpha value is -3.48. The number of hydrogen-bond donors (Lipinski definition) is 1. The van der Waals surface area contributed by atoms with Crippen LogP contribution >= 0.6 is 0 Å². The van der Waals surface area contributed by atoms with Crippen molar-refractivity contribution < 1.29 is 19.2 Å². The SMILES string of the molecule is CCCN(CC(=O)Nc1ccccc1C)C(=O)CCCN1C(=O)c2ccccc2C1=O. The van der Waals surface area contributed by atoms with Crippen LogP contribution in [0.1, 0.15) is 52.5 Å². The molecule has 31 heavy (non-hydrogen) atoms. The van der Waals surface area contributed by atoms with Gasteiger partial charge in [-0.25, -0.2) is 0 Å². The molecule has 0 saturated carbocycles. The second kappa shape index (κ2) is 10.0. The molecule has 1 aliphatic heterocycles. The zero-order valence-electron chi connectivity index (χ0n) is 17.9. The molecule has 0 aromatic heterocycles. The summed E-state index contributed by atoms with van der Waals surface area (Å²) >= 11 is 0. The number of nitrogens with one attached hydrogen (secondary N) is 1. The standard InChI is InChI=1S/C24H27N3O4/c1-3-14-26(16-21(28)25-20-12-7-4-9-17(20)2)22(29)13-8-15-27-23(30)18-10-5-6-11-19(18)24(27)31/h4-7,9-12H,3,8,13-16H2,1-2H3,(H,25,28). The van der Waals surface area contributed by atoms with Crippen LogP contribution < -0.4 is 5.32 Å². The molecule has 0 unspecified atom stereocenters. The number of nitrogens with zero attached hydrogens (tertiary/aromatic N) is 2. The molecule has 7 nitrogen and oxygen atoms in total. The van der Waals surface area contributed by atoms with Gasteiger partial charge in [0.05, 0.1) is 17.7 Å². The molecule has 0 saturated heterocycles. The summed E-state index contributed by atoms with van der Waals surface area (Å²) in [6.07, 6.45) is 1.23. The Morgan fingerprint density at radius 1 is 0.968 bits per heavy atom. The maximum Gasteiger partial charge on any atom is 0.261 e. The minimum atomic E-state index is -0.323. The van der Waals surface area contributed by atoms with Gasteiger partial charge in [0.2, 0.25) is 11.8 Å². The Balaban J connectivity index is 1.53. The highest BCUT2D eigenvalue weighted by Crippen LogP contribution is 2.22. The van der Waals surface area contributed by atoms with Crippen molar-refractivity contribution in [2.24, 2.45) is 0 Å². The highest BCUT2D eigenvalue weighted by molar-refractivity contribution is 6.21. The average Bonchev–Trinajstić information content (AvgIpc) is 3.00. The van der Waals surface area contributed by atoms with Crippen LogP contribution in [0.2, 0.25) is 0 Å². The van der Waals surface area contributed by atoms with Crippen LogP contribution in [0, 0.1) is 6.92 Å². The molecule has 2 aromatic rings. The van der Waals surface area contributed by atoms with Gasteiger partial charge < -0.3 is 10.2 Å². The molecular weight excluding hydrogens is 394 g/mol. The number of rotatable bonds is 9. The van der Waals surface area contributed by atoms with Crippen LogP contribution in [0.25, 0.3) is 0 Å². The summed E-state index contributed by atoms with van der Waals surface area (Å²) in [4.78, 5) is 52.7. The summed E-state index contributed by atoms with van der Waals surface area (Å²) in [5.74, 6) is -1.07. The van der Waals surface area contributed by atoms with E-state index in [4.69, 9.17) is 0 Å². The summed E-state index contributed by atoms with van der Waals surface area (Å²) in [6.45, 7) is 4.46. The molecule has 7 heteroatoms. The lowest BCUT2D eigenvalue weighted by Gasteiger charge is -2.22. The van der Waals surface area contributed by atoms with E-state index in [0.717, 1.165) is 17.7 Å². The lowest BCUT2D eigenvalue weighted by atomic mass is 10.1. The maximum absolute atomic E-state index is 12.7. The van der Waals surface area contributed by atoms with Gasteiger partial charge >= 0.3 is 0 Å². The van der Waals surface area contributed by atoms with Gasteiger partial charge in [-0.05, 0) is 43.5 Å². The normalized spacial score (nSPS) is 12.6. The number of benzene rings is 2. The summed E-state index contributed by atoms with van der Waals surface area (Å²) in [7, 11) is 0. The van der Waals surface area contributed by atoms with Crippen LogP contribution in [0.3, 0.4) is 0 Å². The Morgan fingerprint density at radius 3 is 2.19 bits per heavy atom. The van der Waals surface area contributed by atoms with E-state index in [-0.39, 0.29) is 43.1 Å². The first-order valence-electron chi connectivity index (χ1n) is 10.5. The molecule has 4 amide bonds. The highest BCUT2D eigenvalue weighted by Gasteiger charge is 2.34. The van der Waals surface area contributed by atoms with E-state index in [1.165, 1.54) is 9.80 Å². The van der Waals surface area contributed by atoms with E-state index in [9.17, 15) is 19.2 Å². The van der Waals surface area contributed by atoms with E-state index < -0.39 is 0 Å². The van der Waals surface area contributed by atoms with Crippen LogP contribution in [0.4, 0.5) is 5.69 Å². The van der Waals surface area contributed by atoms with Crippen molar-refractivity contribution in [3.8, 4) is 0 Å². The minimum absolute atomic E-state index is 0.0337. The lowest BCUT2D eigenvalue weighted by molar-refractivity contribution is -0.134. The number of aryl methyl sites for hydroxylation is 1. The molecule has 1 heterocycles. The third kappa shape index (κ3) is 5.17. The average molecular weight is 421 g/mol. The van der Waals surface area contributed by atoms with Crippen LogP contribution in [0.15, 0.2) is 48.5 Å². The Bertz CT molecular complexity index is 967. The van der Waals surface area contributed by atoms with Gasteiger partial charge in [-0.15, -0.1) is 0 Å². The topological polar surface area (TPSA) is 86.8 Å². The van der Waals surface area contributed by atoms with Gasteiger partial charge in [-0.1, -0.05) is 37.3 Å². The Kier molecular flexibility index (Phi) is 7.18. The molecule has 3 rings (SSSR count). The number of fused-ring (bicyclic) bond motifs is 1. The minimum Gasteiger partial charge on any atom is -0.333 e. The first-order valence-corrected chi connectivity index (χ1v) is 10.5. The van der Waals surface area contributed by atoms with Gasteiger partial charge in [0.1, 0.15) is 0 Å². The summed E-state index contributed by atoms with van der Waals surface area (Å²) in [6, 6.07) is 14.2. The quantitative estimate of drug-likeness (QED) is 0.630. The lowest BCUT2D eigenvalue weighted by Crippen LogP contribution is -2.39. The van der Waals surface area contributed by atoms with Crippen LogP contribution in [-0.4, -0.2) is 53.1 Å². The van der Waals surface area contributed by atoms with Crippen molar-refractivity contribution in [2.45, 2.75) is 33.1 Å². The number of anilines is 1. The number of para-hydroxylation sites is 1. The first-order chi connectivity index (χ1) is 14.9. The second-order valence-corrected chi connectivity index (χ2v) is 7.59. The largest absolute Gasteiger partial charge is 0.333 e. The molecule has 0 radical (unpaired) electrons. The smallest absolute Gasteiger partial charge is 0.261 e. The highest BCUT2D eigenvalue weighted by atomic mass is 16.2. The van der Waals surface area contributed by atoms with E-state index in [2.05, 4.69) is 5.32 Å². The van der Waals surface area contributed by atoms with E-state index >= 15 is 0 Å². The molecular formula is C24H27N3O4. The Labute approximate surface area is 182 Å². The molecule has 0 atom stereocenters. The van der Waals surface area contributed by atoms with Crippen molar-refractivity contribution in [1.82, 2.24) is 9.80 Å².